The molecule has 0 amide bonds. The number of nitrogens with zero attached hydrogens (tertiary/aromatic N) is 1. The number of benzene rings is 1. The molecule has 0 saturated heterocycles. The maximum Gasteiger partial charge on any atom is 0.0474 e. The van der Waals surface area contributed by atoms with Crippen molar-refractivity contribution in [3.05, 3.63) is 28.8 Å². The van der Waals surface area contributed by atoms with Gasteiger partial charge in [0.2, 0.25) is 0 Å². The number of halogens is 1. The molecule has 0 bridgehead atoms. The molecular formula is C14H23ClN2. The molecular weight excluding hydrogens is 232 g/mol. The topological polar surface area (TPSA) is 29.3 Å². The van der Waals surface area contributed by atoms with Gasteiger partial charge < -0.3 is 10.6 Å². The van der Waals surface area contributed by atoms with E-state index in [9.17, 15) is 0 Å². The molecule has 96 valence electrons. The third-order valence-corrected chi connectivity index (χ3v) is 3.53. The smallest absolute Gasteiger partial charge is 0.0474 e. The lowest BCUT2D eigenvalue weighted by Crippen LogP contribution is -2.23. The quantitative estimate of drug-likeness (QED) is 0.865. The summed E-state index contributed by atoms with van der Waals surface area (Å²) < 4.78 is 0. The van der Waals surface area contributed by atoms with Crippen LogP contribution in [0.3, 0.4) is 0 Å². The van der Waals surface area contributed by atoms with E-state index in [1.165, 1.54) is 6.42 Å². The fraction of sp³-hybridized carbons (Fsp3) is 0.571. The Balaban J connectivity index is 2.82. The van der Waals surface area contributed by atoms with Gasteiger partial charge in [-0.3, -0.25) is 0 Å². The van der Waals surface area contributed by atoms with Crippen LogP contribution < -0.4 is 10.6 Å². The first kappa shape index (κ1) is 14.3. The van der Waals surface area contributed by atoms with Crippen LogP contribution in [0.4, 0.5) is 5.69 Å². The Morgan fingerprint density at radius 1 is 1.35 bits per heavy atom. The first-order valence-electron chi connectivity index (χ1n) is 6.21. The lowest BCUT2D eigenvalue weighted by atomic mass is 10.1. The van der Waals surface area contributed by atoms with Crippen LogP contribution >= 0.6 is 11.6 Å². The fourth-order valence-corrected chi connectivity index (χ4v) is 2.17. The molecule has 2 N–H and O–H groups in total. The molecule has 3 heteroatoms. The highest BCUT2D eigenvalue weighted by Gasteiger charge is 2.09. The van der Waals surface area contributed by atoms with Crippen molar-refractivity contribution in [2.75, 3.05) is 18.5 Å². The number of hydrogen-bond donors (Lipinski definition) is 1. The van der Waals surface area contributed by atoms with Crippen molar-refractivity contribution >= 4 is 17.3 Å². The standard InChI is InChI=1S/C14H23ClN2/c1-5-10(2)9-17(4)12-6-7-13(11(3)16)14(15)8-12/h6-8,10-11H,5,9,16H2,1-4H3. The van der Waals surface area contributed by atoms with Gasteiger partial charge >= 0.3 is 0 Å². The van der Waals surface area contributed by atoms with Gasteiger partial charge in [0.05, 0.1) is 0 Å². The summed E-state index contributed by atoms with van der Waals surface area (Å²) in [6.07, 6.45) is 1.19. The van der Waals surface area contributed by atoms with Crippen molar-refractivity contribution < 1.29 is 0 Å². The highest BCUT2D eigenvalue weighted by atomic mass is 35.5. The number of anilines is 1. The van der Waals surface area contributed by atoms with E-state index in [4.69, 9.17) is 17.3 Å². The Morgan fingerprint density at radius 3 is 2.47 bits per heavy atom. The molecule has 0 aromatic heterocycles. The van der Waals surface area contributed by atoms with Crippen LogP contribution in [0.2, 0.25) is 5.02 Å². The molecule has 2 atom stereocenters. The Labute approximate surface area is 110 Å². The van der Waals surface area contributed by atoms with Gasteiger partial charge in [-0.1, -0.05) is 37.9 Å². The average molecular weight is 255 g/mol. The largest absolute Gasteiger partial charge is 0.374 e. The van der Waals surface area contributed by atoms with E-state index < -0.39 is 0 Å². The van der Waals surface area contributed by atoms with Crippen LogP contribution in [-0.4, -0.2) is 13.6 Å². The molecule has 0 spiro atoms. The highest BCUT2D eigenvalue weighted by Crippen LogP contribution is 2.27. The maximum atomic E-state index is 6.23. The zero-order valence-corrected chi connectivity index (χ0v) is 12.0. The summed E-state index contributed by atoms with van der Waals surface area (Å²) in [6.45, 7) is 7.47. The Kier molecular flexibility index (Phi) is 5.29. The second kappa shape index (κ2) is 6.27. The second-order valence-corrected chi connectivity index (χ2v) is 5.30. The van der Waals surface area contributed by atoms with Gasteiger partial charge in [-0.05, 0) is 30.5 Å². The van der Waals surface area contributed by atoms with Crippen molar-refractivity contribution in [2.24, 2.45) is 11.7 Å². The molecule has 0 fully saturated rings. The lowest BCUT2D eigenvalue weighted by Gasteiger charge is -2.23. The van der Waals surface area contributed by atoms with Crippen LogP contribution in [0.5, 0.6) is 0 Å². The molecule has 0 aliphatic rings. The highest BCUT2D eigenvalue weighted by molar-refractivity contribution is 6.31. The Bertz CT molecular complexity index is 363. The Hall–Kier alpha value is -0.730. The van der Waals surface area contributed by atoms with Crippen molar-refractivity contribution in [1.29, 1.82) is 0 Å². The number of hydrogen-bond acceptors (Lipinski definition) is 2. The van der Waals surface area contributed by atoms with Crippen molar-refractivity contribution in [3.63, 3.8) is 0 Å². The van der Waals surface area contributed by atoms with Gasteiger partial charge in [0, 0.05) is 30.3 Å². The van der Waals surface area contributed by atoms with Gasteiger partial charge in [0.15, 0.2) is 0 Å². The Morgan fingerprint density at radius 2 is 2.00 bits per heavy atom. The molecule has 0 saturated carbocycles. The van der Waals surface area contributed by atoms with E-state index in [1.54, 1.807) is 0 Å². The molecule has 17 heavy (non-hydrogen) atoms. The first-order chi connectivity index (χ1) is 7.95. The SMILES string of the molecule is CCC(C)CN(C)c1ccc(C(C)N)c(Cl)c1. The summed E-state index contributed by atoms with van der Waals surface area (Å²) in [4.78, 5) is 2.24. The van der Waals surface area contributed by atoms with Crippen LogP contribution in [0.1, 0.15) is 38.8 Å². The van der Waals surface area contributed by atoms with Gasteiger partial charge in [0.25, 0.3) is 0 Å². The van der Waals surface area contributed by atoms with Crippen molar-refractivity contribution in [2.45, 2.75) is 33.2 Å². The molecule has 0 aliphatic heterocycles. The minimum atomic E-state index is -0.0172. The molecule has 0 aliphatic carbocycles. The van der Waals surface area contributed by atoms with Gasteiger partial charge in [-0.15, -0.1) is 0 Å². The molecule has 0 radical (unpaired) electrons. The summed E-state index contributed by atoms with van der Waals surface area (Å²) >= 11 is 6.23. The predicted octanol–water partition coefficient (Wildman–Crippen LogP) is 3.84. The summed E-state index contributed by atoms with van der Waals surface area (Å²) in [5, 5.41) is 0.758. The summed E-state index contributed by atoms with van der Waals surface area (Å²) in [6, 6.07) is 6.10. The van der Waals surface area contributed by atoms with E-state index in [2.05, 4.69) is 31.9 Å². The van der Waals surface area contributed by atoms with E-state index in [0.29, 0.717) is 5.92 Å². The second-order valence-electron chi connectivity index (χ2n) is 4.89. The number of nitrogens with two attached hydrogens (primary N) is 1. The molecule has 1 aromatic rings. The van der Waals surface area contributed by atoms with Crippen LogP contribution in [0.15, 0.2) is 18.2 Å². The fourth-order valence-electron chi connectivity index (χ4n) is 1.82. The van der Waals surface area contributed by atoms with Gasteiger partial charge in [0.1, 0.15) is 0 Å². The van der Waals surface area contributed by atoms with Crippen LogP contribution in [0.25, 0.3) is 0 Å². The molecule has 2 unspecified atom stereocenters. The summed E-state index contributed by atoms with van der Waals surface area (Å²) in [7, 11) is 2.10. The van der Waals surface area contributed by atoms with Crippen molar-refractivity contribution in [3.8, 4) is 0 Å². The van der Waals surface area contributed by atoms with Crippen LogP contribution in [0, 0.1) is 5.92 Å². The van der Waals surface area contributed by atoms with Crippen molar-refractivity contribution in [1.82, 2.24) is 0 Å². The van der Waals surface area contributed by atoms with Gasteiger partial charge in [-0.2, -0.15) is 0 Å². The minimum Gasteiger partial charge on any atom is -0.374 e. The van der Waals surface area contributed by atoms with E-state index in [0.717, 1.165) is 22.8 Å². The molecule has 2 nitrogen and oxygen atoms in total. The van der Waals surface area contributed by atoms with E-state index in [1.807, 2.05) is 19.1 Å². The van der Waals surface area contributed by atoms with Gasteiger partial charge in [-0.25, -0.2) is 0 Å². The summed E-state index contributed by atoms with van der Waals surface area (Å²) in [5.74, 6) is 0.687. The zero-order valence-electron chi connectivity index (χ0n) is 11.2. The summed E-state index contributed by atoms with van der Waals surface area (Å²) in [5.41, 5.74) is 8.00. The van der Waals surface area contributed by atoms with E-state index in [-0.39, 0.29) is 6.04 Å². The monoisotopic (exact) mass is 254 g/mol. The molecule has 0 heterocycles. The molecule has 1 rings (SSSR count). The third-order valence-electron chi connectivity index (χ3n) is 3.20. The maximum absolute atomic E-state index is 6.23. The zero-order chi connectivity index (χ0) is 13.0. The first-order valence-corrected chi connectivity index (χ1v) is 6.59. The van der Waals surface area contributed by atoms with Crippen LogP contribution in [-0.2, 0) is 0 Å². The molecule has 1 aromatic carbocycles. The average Bonchev–Trinajstić information content (AvgIpc) is 2.28. The van der Waals surface area contributed by atoms with E-state index >= 15 is 0 Å². The third kappa shape index (κ3) is 3.90. The lowest BCUT2D eigenvalue weighted by molar-refractivity contribution is 0.560. The normalized spacial score (nSPS) is 14.5. The minimum absolute atomic E-state index is 0.0172. The predicted molar refractivity (Wildman–Crippen MR) is 76.8 cm³/mol. The number of rotatable bonds is 5.